The van der Waals surface area contributed by atoms with E-state index in [0.717, 1.165) is 18.7 Å². The Morgan fingerprint density at radius 1 is 1.32 bits per heavy atom. The van der Waals surface area contributed by atoms with Crippen LogP contribution in [0, 0.1) is 0 Å². The highest BCUT2D eigenvalue weighted by atomic mass is 32.1. The molecule has 1 N–H and O–H groups in total. The molecule has 3 nitrogen and oxygen atoms in total. The Morgan fingerprint density at radius 3 is 2.74 bits per heavy atom. The number of furan rings is 1. The van der Waals surface area contributed by atoms with Gasteiger partial charge >= 0.3 is 0 Å². The second-order valence-corrected chi connectivity index (χ2v) is 6.07. The maximum Gasteiger partial charge on any atom is 0.105 e. The van der Waals surface area contributed by atoms with E-state index in [1.807, 2.05) is 23.5 Å². The van der Waals surface area contributed by atoms with Gasteiger partial charge in [0.15, 0.2) is 0 Å². The highest BCUT2D eigenvalue weighted by Crippen LogP contribution is 2.22. The molecule has 0 amide bonds. The zero-order valence-electron chi connectivity index (χ0n) is 11.8. The minimum Gasteiger partial charge on any atom is -0.469 e. The van der Waals surface area contributed by atoms with Crippen LogP contribution in [0.1, 0.15) is 23.6 Å². The van der Waals surface area contributed by atoms with Gasteiger partial charge in [0.1, 0.15) is 5.76 Å². The van der Waals surface area contributed by atoms with Crippen molar-refractivity contribution in [2.24, 2.45) is 0 Å². The van der Waals surface area contributed by atoms with Crippen LogP contribution < -0.4 is 5.32 Å². The monoisotopic (exact) mass is 278 g/mol. The molecule has 0 aromatic carbocycles. The van der Waals surface area contributed by atoms with Crippen LogP contribution in [0.15, 0.2) is 40.3 Å². The standard InChI is InChI=1S/C15H22N2OS/c1-12(10-13-6-4-8-18-13)16-11-14(17(2)3)15-7-5-9-19-15/h4-9,12,14,16H,10-11H2,1-3H3. The lowest BCUT2D eigenvalue weighted by Crippen LogP contribution is -2.36. The first-order chi connectivity index (χ1) is 9.16. The predicted octanol–water partition coefficient (Wildman–Crippen LogP) is 3.16. The lowest BCUT2D eigenvalue weighted by atomic mass is 10.1. The number of rotatable bonds is 7. The van der Waals surface area contributed by atoms with Crippen molar-refractivity contribution in [3.63, 3.8) is 0 Å². The molecule has 0 spiro atoms. The van der Waals surface area contributed by atoms with Crippen LogP contribution in [-0.2, 0) is 6.42 Å². The Bertz CT molecular complexity index is 450. The Kier molecular flexibility index (Phi) is 5.19. The Balaban J connectivity index is 1.85. The van der Waals surface area contributed by atoms with E-state index in [4.69, 9.17) is 4.42 Å². The van der Waals surface area contributed by atoms with Crippen LogP contribution in [0.2, 0.25) is 0 Å². The van der Waals surface area contributed by atoms with Gasteiger partial charge in [0.05, 0.1) is 12.3 Å². The summed E-state index contributed by atoms with van der Waals surface area (Å²) in [4.78, 5) is 3.67. The number of hydrogen-bond acceptors (Lipinski definition) is 4. The van der Waals surface area contributed by atoms with Crippen molar-refractivity contribution in [3.05, 3.63) is 46.5 Å². The predicted molar refractivity (Wildman–Crippen MR) is 80.6 cm³/mol. The molecule has 0 aliphatic rings. The van der Waals surface area contributed by atoms with Gasteiger partial charge in [-0.05, 0) is 44.6 Å². The summed E-state index contributed by atoms with van der Waals surface area (Å²) in [6.45, 7) is 3.15. The normalized spacial score (nSPS) is 14.7. The molecular formula is C15H22N2OS. The quantitative estimate of drug-likeness (QED) is 0.843. The zero-order chi connectivity index (χ0) is 13.7. The molecule has 19 heavy (non-hydrogen) atoms. The molecule has 4 heteroatoms. The first-order valence-corrected chi connectivity index (χ1v) is 7.50. The van der Waals surface area contributed by atoms with E-state index in [1.165, 1.54) is 4.88 Å². The van der Waals surface area contributed by atoms with Crippen LogP contribution in [-0.4, -0.2) is 31.6 Å². The van der Waals surface area contributed by atoms with Crippen molar-refractivity contribution in [1.82, 2.24) is 10.2 Å². The topological polar surface area (TPSA) is 28.4 Å². The third kappa shape index (κ3) is 4.20. The van der Waals surface area contributed by atoms with Crippen LogP contribution in [0.5, 0.6) is 0 Å². The van der Waals surface area contributed by atoms with E-state index in [9.17, 15) is 0 Å². The van der Waals surface area contributed by atoms with E-state index in [1.54, 1.807) is 6.26 Å². The van der Waals surface area contributed by atoms with Crippen LogP contribution in [0.4, 0.5) is 0 Å². The molecule has 2 atom stereocenters. The van der Waals surface area contributed by atoms with E-state index < -0.39 is 0 Å². The second kappa shape index (κ2) is 6.89. The summed E-state index contributed by atoms with van der Waals surface area (Å²) in [7, 11) is 4.26. The molecule has 2 unspecified atom stereocenters. The van der Waals surface area contributed by atoms with Gasteiger partial charge in [-0.25, -0.2) is 0 Å². The van der Waals surface area contributed by atoms with Crippen molar-refractivity contribution in [1.29, 1.82) is 0 Å². The van der Waals surface area contributed by atoms with Crippen molar-refractivity contribution < 1.29 is 4.42 Å². The molecule has 0 saturated heterocycles. The lowest BCUT2D eigenvalue weighted by molar-refractivity contribution is 0.283. The molecule has 2 aromatic heterocycles. The highest BCUT2D eigenvalue weighted by Gasteiger charge is 2.16. The molecule has 0 radical (unpaired) electrons. The molecule has 0 aliphatic heterocycles. The minimum absolute atomic E-state index is 0.411. The first kappa shape index (κ1) is 14.3. The van der Waals surface area contributed by atoms with Crippen LogP contribution in [0.25, 0.3) is 0 Å². The zero-order valence-corrected chi connectivity index (χ0v) is 12.6. The van der Waals surface area contributed by atoms with Crippen LogP contribution in [0.3, 0.4) is 0 Å². The summed E-state index contributed by atoms with van der Waals surface area (Å²) in [6.07, 6.45) is 2.66. The van der Waals surface area contributed by atoms with Crippen molar-refractivity contribution in [3.8, 4) is 0 Å². The summed E-state index contributed by atoms with van der Waals surface area (Å²) >= 11 is 1.82. The van der Waals surface area contributed by atoms with Gasteiger partial charge in [0.25, 0.3) is 0 Å². The molecule has 2 heterocycles. The number of thiophene rings is 1. The summed E-state index contributed by atoms with van der Waals surface area (Å²) < 4.78 is 5.38. The average molecular weight is 278 g/mol. The van der Waals surface area contributed by atoms with Gasteiger partial charge in [-0.15, -0.1) is 11.3 Å². The molecule has 0 aliphatic carbocycles. The third-order valence-corrected chi connectivity index (χ3v) is 4.22. The van der Waals surface area contributed by atoms with E-state index in [2.05, 4.69) is 48.7 Å². The summed E-state index contributed by atoms with van der Waals surface area (Å²) in [5.74, 6) is 1.04. The fourth-order valence-corrected chi connectivity index (χ4v) is 3.06. The van der Waals surface area contributed by atoms with E-state index >= 15 is 0 Å². The largest absolute Gasteiger partial charge is 0.469 e. The molecule has 0 bridgehead atoms. The summed E-state index contributed by atoms with van der Waals surface area (Å²) in [5.41, 5.74) is 0. The van der Waals surface area contributed by atoms with Gasteiger partial charge in [0, 0.05) is 23.9 Å². The maximum atomic E-state index is 5.38. The molecule has 104 valence electrons. The highest BCUT2D eigenvalue weighted by molar-refractivity contribution is 7.10. The van der Waals surface area contributed by atoms with Crippen molar-refractivity contribution >= 4 is 11.3 Å². The fraction of sp³-hybridized carbons (Fsp3) is 0.467. The van der Waals surface area contributed by atoms with E-state index in [-0.39, 0.29) is 0 Å². The Hall–Kier alpha value is -1.10. The Labute approximate surface area is 119 Å². The number of likely N-dealkylation sites (N-methyl/N-ethyl adjacent to an activating group) is 1. The van der Waals surface area contributed by atoms with Gasteiger partial charge < -0.3 is 14.6 Å². The lowest BCUT2D eigenvalue weighted by Gasteiger charge is -2.25. The average Bonchev–Trinajstić information content (AvgIpc) is 3.01. The molecule has 2 rings (SSSR count). The fourth-order valence-electron chi connectivity index (χ4n) is 2.13. The van der Waals surface area contributed by atoms with Gasteiger partial charge in [0.2, 0.25) is 0 Å². The summed E-state index contributed by atoms with van der Waals surface area (Å²) in [5, 5.41) is 5.73. The maximum absolute atomic E-state index is 5.38. The Morgan fingerprint density at radius 2 is 2.16 bits per heavy atom. The minimum atomic E-state index is 0.411. The van der Waals surface area contributed by atoms with Gasteiger partial charge in [-0.1, -0.05) is 6.07 Å². The number of nitrogens with one attached hydrogen (secondary N) is 1. The van der Waals surface area contributed by atoms with Crippen LogP contribution >= 0.6 is 11.3 Å². The summed E-state index contributed by atoms with van der Waals surface area (Å²) in [6, 6.07) is 9.13. The number of nitrogens with zero attached hydrogens (tertiary/aromatic N) is 1. The van der Waals surface area contributed by atoms with Gasteiger partial charge in [-0.3, -0.25) is 0 Å². The molecule has 2 aromatic rings. The van der Waals surface area contributed by atoms with Crippen molar-refractivity contribution in [2.75, 3.05) is 20.6 Å². The first-order valence-electron chi connectivity index (χ1n) is 6.62. The number of hydrogen-bond donors (Lipinski definition) is 1. The van der Waals surface area contributed by atoms with Crippen molar-refractivity contribution in [2.45, 2.75) is 25.4 Å². The van der Waals surface area contributed by atoms with Gasteiger partial charge in [-0.2, -0.15) is 0 Å². The van der Waals surface area contributed by atoms with E-state index in [0.29, 0.717) is 12.1 Å². The SMILES string of the molecule is CC(Cc1ccco1)NCC(c1cccs1)N(C)C. The smallest absolute Gasteiger partial charge is 0.105 e. The third-order valence-electron chi connectivity index (χ3n) is 3.24. The molecular weight excluding hydrogens is 256 g/mol. The molecule has 0 fully saturated rings. The molecule has 0 saturated carbocycles. The second-order valence-electron chi connectivity index (χ2n) is 5.09.